The molecular formula is C11H16BrNO2S. The fourth-order valence-electron chi connectivity index (χ4n) is 1.32. The van der Waals surface area contributed by atoms with E-state index in [0.29, 0.717) is 4.90 Å². The lowest BCUT2D eigenvalue weighted by atomic mass is 10.1. The number of rotatable bonds is 2. The minimum Gasteiger partial charge on any atom is -0.207 e. The van der Waals surface area contributed by atoms with Gasteiger partial charge in [-0.15, -0.1) is 0 Å². The van der Waals surface area contributed by atoms with Gasteiger partial charge in [-0.3, -0.25) is 0 Å². The van der Waals surface area contributed by atoms with Crippen LogP contribution in [0.25, 0.3) is 0 Å². The van der Waals surface area contributed by atoms with Crippen LogP contribution in [0.15, 0.2) is 27.6 Å². The second-order valence-corrected chi connectivity index (χ2v) is 7.33. The van der Waals surface area contributed by atoms with Crippen LogP contribution >= 0.6 is 15.9 Å². The van der Waals surface area contributed by atoms with Crippen LogP contribution in [-0.4, -0.2) is 14.0 Å². The fraction of sp³-hybridized carbons (Fsp3) is 0.455. The number of benzene rings is 1. The molecule has 5 heteroatoms. The van der Waals surface area contributed by atoms with Gasteiger partial charge in [0.25, 0.3) is 0 Å². The highest BCUT2D eigenvalue weighted by Gasteiger charge is 2.23. The van der Waals surface area contributed by atoms with Gasteiger partial charge in [-0.2, -0.15) is 0 Å². The molecule has 16 heavy (non-hydrogen) atoms. The zero-order valence-electron chi connectivity index (χ0n) is 9.83. The van der Waals surface area contributed by atoms with Gasteiger partial charge < -0.3 is 0 Å². The molecule has 0 saturated carbocycles. The van der Waals surface area contributed by atoms with Crippen LogP contribution in [0.5, 0.6) is 0 Å². The molecule has 0 amide bonds. The zero-order chi connectivity index (χ0) is 12.6. The predicted molar refractivity (Wildman–Crippen MR) is 69.0 cm³/mol. The maximum Gasteiger partial charge on any atom is 0.241 e. The number of nitrogens with one attached hydrogen (secondary N) is 1. The van der Waals surface area contributed by atoms with Crippen molar-refractivity contribution in [2.75, 3.05) is 0 Å². The molecule has 0 unspecified atom stereocenters. The quantitative estimate of drug-likeness (QED) is 0.913. The van der Waals surface area contributed by atoms with E-state index in [9.17, 15) is 8.42 Å². The molecular weight excluding hydrogens is 290 g/mol. The van der Waals surface area contributed by atoms with Gasteiger partial charge in [-0.25, -0.2) is 13.1 Å². The summed E-state index contributed by atoms with van der Waals surface area (Å²) in [7, 11) is -3.45. The topological polar surface area (TPSA) is 46.2 Å². The number of sulfonamides is 1. The average molecular weight is 306 g/mol. The summed E-state index contributed by atoms with van der Waals surface area (Å²) < 4.78 is 27.6. The van der Waals surface area contributed by atoms with E-state index in [1.165, 1.54) is 0 Å². The Morgan fingerprint density at radius 1 is 1.25 bits per heavy atom. The normalized spacial score (nSPS) is 12.8. The molecule has 0 aromatic heterocycles. The molecule has 0 radical (unpaired) electrons. The summed E-state index contributed by atoms with van der Waals surface area (Å²) >= 11 is 3.28. The molecule has 0 fully saturated rings. The van der Waals surface area contributed by atoms with Crippen LogP contribution in [0.1, 0.15) is 26.3 Å². The molecule has 0 bridgehead atoms. The Balaban J connectivity index is 3.22. The molecule has 1 N–H and O–H groups in total. The summed E-state index contributed by atoms with van der Waals surface area (Å²) in [6.07, 6.45) is 0. The Morgan fingerprint density at radius 2 is 1.81 bits per heavy atom. The smallest absolute Gasteiger partial charge is 0.207 e. The van der Waals surface area contributed by atoms with Crippen molar-refractivity contribution in [1.29, 1.82) is 0 Å². The van der Waals surface area contributed by atoms with Crippen molar-refractivity contribution in [3.8, 4) is 0 Å². The minimum atomic E-state index is -3.45. The van der Waals surface area contributed by atoms with Crippen molar-refractivity contribution in [3.05, 3.63) is 28.2 Å². The molecule has 0 aliphatic rings. The summed E-state index contributed by atoms with van der Waals surface area (Å²) in [6, 6.07) is 5.22. The number of hydrogen-bond acceptors (Lipinski definition) is 2. The van der Waals surface area contributed by atoms with Gasteiger partial charge in [0.1, 0.15) is 0 Å². The standard InChI is InChI=1S/C11H16BrNO2S/c1-8-5-6-9(12)7-10(8)16(14,15)13-11(2,3)4/h5-7,13H,1-4H3. The van der Waals surface area contributed by atoms with Crippen LogP contribution < -0.4 is 4.72 Å². The highest BCUT2D eigenvalue weighted by Crippen LogP contribution is 2.21. The molecule has 1 aromatic carbocycles. The number of halogens is 1. The second kappa shape index (κ2) is 4.47. The van der Waals surface area contributed by atoms with Gasteiger partial charge >= 0.3 is 0 Å². The average Bonchev–Trinajstić information content (AvgIpc) is 2.04. The number of hydrogen-bond donors (Lipinski definition) is 1. The highest BCUT2D eigenvalue weighted by molar-refractivity contribution is 9.10. The van der Waals surface area contributed by atoms with E-state index in [1.807, 2.05) is 26.8 Å². The first-order valence-corrected chi connectivity index (χ1v) is 7.19. The van der Waals surface area contributed by atoms with E-state index in [0.717, 1.165) is 10.0 Å². The highest BCUT2D eigenvalue weighted by atomic mass is 79.9. The van der Waals surface area contributed by atoms with Crippen LogP contribution in [0.2, 0.25) is 0 Å². The molecule has 3 nitrogen and oxygen atoms in total. The van der Waals surface area contributed by atoms with Crippen molar-refractivity contribution in [2.45, 2.75) is 38.1 Å². The lowest BCUT2D eigenvalue weighted by Crippen LogP contribution is -2.40. The van der Waals surface area contributed by atoms with Gasteiger partial charge in [0.15, 0.2) is 0 Å². The third-order valence-corrected chi connectivity index (χ3v) is 4.27. The van der Waals surface area contributed by atoms with E-state index in [2.05, 4.69) is 20.7 Å². The van der Waals surface area contributed by atoms with Crippen LogP contribution in [0.3, 0.4) is 0 Å². The first kappa shape index (κ1) is 13.7. The number of aryl methyl sites for hydroxylation is 1. The lowest BCUT2D eigenvalue weighted by molar-refractivity contribution is 0.491. The van der Waals surface area contributed by atoms with Crippen LogP contribution in [0, 0.1) is 6.92 Å². The van der Waals surface area contributed by atoms with Crippen LogP contribution in [-0.2, 0) is 10.0 Å². The molecule has 1 aromatic rings. The van der Waals surface area contributed by atoms with Crippen molar-refractivity contribution >= 4 is 26.0 Å². The van der Waals surface area contributed by atoms with E-state index in [1.54, 1.807) is 19.1 Å². The molecule has 1 rings (SSSR count). The van der Waals surface area contributed by atoms with Crippen LogP contribution in [0.4, 0.5) is 0 Å². The fourth-order valence-corrected chi connectivity index (χ4v) is 3.52. The molecule has 0 aliphatic heterocycles. The molecule has 0 atom stereocenters. The zero-order valence-corrected chi connectivity index (χ0v) is 12.2. The summed E-state index contributed by atoms with van der Waals surface area (Å²) in [6.45, 7) is 7.23. The Hall–Kier alpha value is -0.390. The van der Waals surface area contributed by atoms with Crippen molar-refractivity contribution in [2.24, 2.45) is 0 Å². The summed E-state index contributed by atoms with van der Waals surface area (Å²) in [5.74, 6) is 0. The van der Waals surface area contributed by atoms with Gasteiger partial charge in [0.2, 0.25) is 10.0 Å². The van der Waals surface area contributed by atoms with Gasteiger partial charge in [-0.1, -0.05) is 22.0 Å². The third kappa shape index (κ3) is 3.57. The minimum absolute atomic E-state index is 0.316. The Kier molecular flexibility index (Phi) is 3.82. The van der Waals surface area contributed by atoms with E-state index in [-0.39, 0.29) is 0 Å². The lowest BCUT2D eigenvalue weighted by Gasteiger charge is -2.21. The Bertz CT molecular complexity index is 489. The molecule has 0 saturated heterocycles. The molecule has 0 heterocycles. The predicted octanol–water partition coefficient (Wildman–Crippen LogP) is 2.83. The van der Waals surface area contributed by atoms with Crippen molar-refractivity contribution in [3.63, 3.8) is 0 Å². The van der Waals surface area contributed by atoms with E-state index < -0.39 is 15.6 Å². The Morgan fingerprint density at radius 3 is 2.31 bits per heavy atom. The molecule has 0 aliphatic carbocycles. The van der Waals surface area contributed by atoms with Gasteiger partial charge in [0, 0.05) is 10.0 Å². The summed E-state index contributed by atoms with van der Waals surface area (Å²) in [5.41, 5.74) is 0.257. The molecule has 90 valence electrons. The summed E-state index contributed by atoms with van der Waals surface area (Å²) in [4.78, 5) is 0.316. The third-order valence-electron chi connectivity index (χ3n) is 1.88. The first-order chi connectivity index (χ1) is 7.12. The SMILES string of the molecule is Cc1ccc(Br)cc1S(=O)(=O)NC(C)(C)C. The van der Waals surface area contributed by atoms with Gasteiger partial charge in [-0.05, 0) is 45.4 Å². The maximum atomic E-state index is 12.1. The van der Waals surface area contributed by atoms with Crippen molar-refractivity contribution < 1.29 is 8.42 Å². The molecule has 0 spiro atoms. The first-order valence-electron chi connectivity index (χ1n) is 4.92. The summed E-state index contributed by atoms with van der Waals surface area (Å²) in [5, 5.41) is 0. The van der Waals surface area contributed by atoms with Gasteiger partial charge in [0.05, 0.1) is 4.90 Å². The van der Waals surface area contributed by atoms with E-state index >= 15 is 0 Å². The maximum absolute atomic E-state index is 12.1. The second-order valence-electron chi connectivity index (χ2n) is 4.77. The van der Waals surface area contributed by atoms with E-state index in [4.69, 9.17) is 0 Å². The van der Waals surface area contributed by atoms with Crippen molar-refractivity contribution in [1.82, 2.24) is 4.72 Å². The largest absolute Gasteiger partial charge is 0.241 e. The Labute approximate surface area is 105 Å². The monoisotopic (exact) mass is 305 g/mol.